The van der Waals surface area contributed by atoms with E-state index in [9.17, 15) is 4.79 Å². The molecule has 0 unspecified atom stereocenters. The van der Waals surface area contributed by atoms with Gasteiger partial charge in [-0.1, -0.05) is 36.4 Å². The van der Waals surface area contributed by atoms with Crippen LogP contribution in [0.2, 0.25) is 0 Å². The van der Waals surface area contributed by atoms with Gasteiger partial charge in [-0.2, -0.15) is 0 Å². The van der Waals surface area contributed by atoms with Crippen molar-refractivity contribution in [2.24, 2.45) is 0 Å². The fraction of sp³-hybridized carbons (Fsp3) is 0.533. The number of benzene rings is 2. The number of aromatic nitrogens is 2. The SMILES string of the molecule is CCOCCn1c(C2CCN(CCc3ccc(C(C)(C)C(=O)N(C)OC)cc3)CC2)nc2ccccc21. The van der Waals surface area contributed by atoms with E-state index in [-0.39, 0.29) is 5.91 Å². The lowest BCUT2D eigenvalue weighted by Gasteiger charge is -2.32. The van der Waals surface area contributed by atoms with Gasteiger partial charge in [-0.05, 0) is 76.4 Å². The van der Waals surface area contributed by atoms with Gasteiger partial charge in [-0.3, -0.25) is 9.63 Å². The van der Waals surface area contributed by atoms with Crippen molar-refractivity contribution >= 4 is 16.9 Å². The van der Waals surface area contributed by atoms with Crippen LogP contribution in [0, 0.1) is 0 Å². The zero-order valence-electron chi connectivity index (χ0n) is 23.1. The third-order valence-corrected chi connectivity index (χ3v) is 7.79. The normalized spacial score (nSPS) is 15.4. The number of nitrogens with zero attached hydrogens (tertiary/aromatic N) is 4. The predicted octanol–water partition coefficient (Wildman–Crippen LogP) is 4.79. The lowest BCUT2D eigenvalue weighted by Crippen LogP contribution is -2.40. The van der Waals surface area contributed by atoms with Crippen LogP contribution in [0.15, 0.2) is 48.5 Å². The highest BCUT2D eigenvalue weighted by atomic mass is 16.7. The molecule has 1 aromatic heterocycles. The molecule has 1 saturated heterocycles. The monoisotopic (exact) mass is 506 g/mol. The molecule has 200 valence electrons. The van der Waals surface area contributed by atoms with Gasteiger partial charge in [0.05, 0.1) is 30.2 Å². The molecule has 1 amide bonds. The van der Waals surface area contributed by atoms with Crippen LogP contribution in [-0.4, -0.2) is 72.4 Å². The Balaban J connectivity index is 1.33. The van der Waals surface area contributed by atoms with Gasteiger partial charge in [0.1, 0.15) is 5.82 Å². The Bertz CT molecular complexity index is 1160. The van der Waals surface area contributed by atoms with E-state index in [1.54, 1.807) is 7.05 Å². The highest BCUT2D eigenvalue weighted by molar-refractivity contribution is 5.86. The molecule has 1 aliphatic rings. The molecule has 0 saturated carbocycles. The van der Waals surface area contributed by atoms with Gasteiger partial charge in [-0.25, -0.2) is 10.0 Å². The number of fused-ring (bicyclic) bond motifs is 1. The van der Waals surface area contributed by atoms with Crippen molar-refractivity contribution in [1.29, 1.82) is 0 Å². The van der Waals surface area contributed by atoms with Crippen molar-refractivity contribution in [2.75, 3.05) is 47.0 Å². The molecule has 1 aliphatic heterocycles. The Morgan fingerprint density at radius 3 is 2.46 bits per heavy atom. The fourth-order valence-corrected chi connectivity index (χ4v) is 5.33. The lowest BCUT2D eigenvalue weighted by atomic mass is 9.83. The maximum Gasteiger partial charge on any atom is 0.255 e. The number of para-hydroxylation sites is 2. The first-order chi connectivity index (χ1) is 17.8. The molecule has 7 heteroatoms. The first-order valence-electron chi connectivity index (χ1n) is 13.5. The smallest absolute Gasteiger partial charge is 0.255 e. The summed E-state index contributed by atoms with van der Waals surface area (Å²) in [6.45, 7) is 11.4. The van der Waals surface area contributed by atoms with E-state index in [1.165, 1.54) is 29.1 Å². The molecule has 1 fully saturated rings. The second kappa shape index (κ2) is 12.2. The minimum atomic E-state index is -0.635. The summed E-state index contributed by atoms with van der Waals surface area (Å²) in [5, 5.41) is 1.30. The first-order valence-corrected chi connectivity index (χ1v) is 13.5. The van der Waals surface area contributed by atoms with Crippen LogP contribution in [0.4, 0.5) is 0 Å². The highest BCUT2D eigenvalue weighted by Crippen LogP contribution is 2.31. The number of carbonyl (C=O) groups excluding carboxylic acids is 1. The summed E-state index contributed by atoms with van der Waals surface area (Å²) in [4.78, 5) is 25.4. The summed E-state index contributed by atoms with van der Waals surface area (Å²) in [5.41, 5.74) is 3.95. The maximum atomic E-state index is 12.7. The number of likely N-dealkylation sites (tertiary alicyclic amines) is 1. The average Bonchev–Trinajstić information content (AvgIpc) is 3.30. The van der Waals surface area contributed by atoms with Crippen molar-refractivity contribution < 1.29 is 14.4 Å². The summed E-state index contributed by atoms with van der Waals surface area (Å²) in [7, 11) is 3.16. The number of likely N-dealkylation sites (N-methyl/N-ethyl adjacent to an activating group) is 1. The molecule has 4 rings (SSSR count). The van der Waals surface area contributed by atoms with Crippen LogP contribution in [-0.2, 0) is 32.7 Å². The van der Waals surface area contributed by atoms with Crippen LogP contribution < -0.4 is 0 Å². The molecule has 2 aromatic carbocycles. The molecular formula is C30H42N4O3. The van der Waals surface area contributed by atoms with Gasteiger partial charge in [0.15, 0.2) is 0 Å². The molecular weight excluding hydrogens is 464 g/mol. The quantitative estimate of drug-likeness (QED) is 0.276. The van der Waals surface area contributed by atoms with Gasteiger partial charge in [0.2, 0.25) is 0 Å². The molecule has 0 aliphatic carbocycles. The molecule has 3 aromatic rings. The van der Waals surface area contributed by atoms with Crippen LogP contribution in [0.1, 0.15) is 56.5 Å². The van der Waals surface area contributed by atoms with Crippen molar-refractivity contribution in [3.05, 3.63) is 65.5 Å². The molecule has 2 heterocycles. The number of imidazole rings is 1. The minimum absolute atomic E-state index is 0.0583. The lowest BCUT2D eigenvalue weighted by molar-refractivity contribution is -0.174. The number of piperidine rings is 1. The number of ether oxygens (including phenoxy) is 1. The number of hydrogen-bond donors (Lipinski definition) is 0. The van der Waals surface area contributed by atoms with Crippen LogP contribution in [0.25, 0.3) is 11.0 Å². The Labute approximate surface area is 221 Å². The summed E-state index contributed by atoms with van der Waals surface area (Å²) in [6.07, 6.45) is 3.25. The van der Waals surface area contributed by atoms with Gasteiger partial charge in [-0.15, -0.1) is 0 Å². The van der Waals surface area contributed by atoms with Crippen molar-refractivity contribution in [1.82, 2.24) is 19.5 Å². The summed E-state index contributed by atoms with van der Waals surface area (Å²) < 4.78 is 8.04. The molecule has 0 atom stereocenters. The van der Waals surface area contributed by atoms with Crippen LogP contribution in [0.5, 0.6) is 0 Å². The third kappa shape index (κ3) is 6.22. The van der Waals surface area contributed by atoms with Crippen LogP contribution in [0.3, 0.4) is 0 Å². The molecule has 0 spiro atoms. The van der Waals surface area contributed by atoms with E-state index >= 15 is 0 Å². The molecule has 37 heavy (non-hydrogen) atoms. The van der Waals surface area contributed by atoms with E-state index in [0.717, 1.165) is 69.7 Å². The third-order valence-electron chi connectivity index (χ3n) is 7.79. The average molecular weight is 507 g/mol. The second-order valence-electron chi connectivity index (χ2n) is 10.5. The molecule has 0 bridgehead atoms. The van der Waals surface area contributed by atoms with E-state index in [1.807, 2.05) is 20.8 Å². The van der Waals surface area contributed by atoms with Crippen molar-refractivity contribution in [2.45, 2.75) is 57.9 Å². The van der Waals surface area contributed by atoms with E-state index in [0.29, 0.717) is 5.92 Å². The molecule has 7 nitrogen and oxygen atoms in total. The van der Waals surface area contributed by atoms with E-state index < -0.39 is 5.41 Å². The summed E-state index contributed by atoms with van der Waals surface area (Å²) in [6, 6.07) is 16.9. The molecule has 0 radical (unpaired) electrons. The second-order valence-corrected chi connectivity index (χ2v) is 10.5. The maximum absolute atomic E-state index is 12.7. The number of hydrogen-bond acceptors (Lipinski definition) is 5. The van der Waals surface area contributed by atoms with Gasteiger partial charge < -0.3 is 14.2 Å². The van der Waals surface area contributed by atoms with Crippen molar-refractivity contribution in [3.63, 3.8) is 0 Å². The molecule has 0 N–H and O–H groups in total. The largest absolute Gasteiger partial charge is 0.380 e. The predicted molar refractivity (Wildman–Crippen MR) is 148 cm³/mol. The van der Waals surface area contributed by atoms with E-state index in [2.05, 4.69) is 58.0 Å². The Morgan fingerprint density at radius 2 is 1.78 bits per heavy atom. The Morgan fingerprint density at radius 1 is 1.08 bits per heavy atom. The Kier molecular flexibility index (Phi) is 9.00. The zero-order chi connectivity index (χ0) is 26.4. The fourth-order valence-electron chi connectivity index (χ4n) is 5.33. The number of rotatable bonds is 11. The summed E-state index contributed by atoms with van der Waals surface area (Å²) >= 11 is 0. The minimum Gasteiger partial charge on any atom is -0.380 e. The summed E-state index contributed by atoms with van der Waals surface area (Å²) in [5.74, 6) is 1.64. The standard InChI is InChI=1S/C30H42N4O3/c1-6-37-22-21-34-27-10-8-7-9-26(27)31-28(34)24-16-19-33(20-17-24)18-15-23-11-13-25(14-12-23)30(2,3)29(35)32(4)36-5/h7-14,24H,6,15-22H2,1-5H3. The zero-order valence-corrected chi connectivity index (χ0v) is 23.1. The van der Waals surface area contributed by atoms with Crippen LogP contribution >= 0.6 is 0 Å². The van der Waals surface area contributed by atoms with Gasteiger partial charge in [0, 0.05) is 32.7 Å². The highest BCUT2D eigenvalue weighted by Gasteiger charge is 2.33. The number of amides is 1. The van der Waals surface area contributed by atoms with E-state index in [4.69, 9.17) is 14.6 Å². The topological polar surface area (TPSA) is 59.8 Å². The van der Waals surface area contributed by atoms with Crippen molar-refractivity contribution in [3.8, 4) is 0 Å². The number of hydroxylamine groups is 2. The first kappa shape index (κ1) is 27.3. The Hall–Kier alpha value is -2.74. The van der Waals surface area contributed by atoms with Gasteiger partial charge in [0.25, 0.3) is 5.91 Å². The van der Waals surface area contributed by atoms with Gasteiger partial charge >= 0.3 is 0 Å². The number of carbonyl (C=O) groups is 1.